The molecule has 0 radical (unpaired) electrons. The van der Waals surface area contributed by atoms with E-state index in [-0.39, 0.29) is 27.9 Å². The number of sulfonamides is 1. The number of rotatable bonds is 5. The predicted octanol–water partition coefficient (Wildman–Crippen LogP) is 2.98. The quantitative estimate of drug-likeness (QED) is 0.801. The van der Waals surface area contributed by atoms with E-state index >= 15 is 0 Å². The first-order chi connectivity index (χ1) is 11.6. The minimum atomic E-state index is -3.68. The second-order valence-electron chi connectivity index (χ2n) is 6.12. The van der Waals surface area contributed by atoms with Crippen molar-refractivity contribution in [2.24, 2.45) is 0 Å². The maximum Gasteiger partial charge on any atom is 0.255 e. The van der Waals surface area contributed by atoms with Crippen LogP contribution in [-0.4, -0.2) is 36.8 Å². The molecule has 0 bridgehead atoms. The van der Waals surface area contributed by atoms with Crippen molar-refractivity contribution in [2.75, 3.05) is 12.4 Å². The van der Waals surface area contributed by atoms with Gasteiger partial charge in [-0.05, 0) is 56.7 Å². The van der Waals surface area contributed by atoms with Crippen LogP contribution in [0.5, 0.6) is 5.75 Å². The monoisotopic (exact) mass is 362 g/mol. The summed E-state index contributed by atoms with van der Waals surface area (Å²) < 4.78 is 26.4. The average molecular weight is 362 g/mol. The molecule has 134 valence electrons. The topological polar surface area (TPSA) is 86.7 Å². The molecule has 0 fully saturated rings. The number of benzene rings is 2. The van der Waals surface area contributed by atoms with Gasteiger partial charge in [0.1, 0.15) is 5.75 Å². The fourth-order valence-corrected chi connectivity index (χ4v) is 3.60. The Bertz CT molecular complexity index is 892. The van der Waals surface area contributed by atoms with Gasteiger partial charge in [0.05, 0.1) is 10.6 Å². The van der Waals surface area contributed by atoms with Crippen LogP contribution >= 0.6 is 0 Å². The maximum atomic E-state index is 12.6. The van der Waals surface area contributed by atoms with Crippen LogP contribution in [0.4, 0.5) is 5.69 Å². The van der Waals surface area contributed by atoms with Crippen LogP contribution in [0.1, 0.15) is 29.8 Å². The van der Waals surface area contributed by atoms with Gasteiger partial charge >= 0.3 is 0 Å². The Kier molecular flexibility index (Phi) is 5.49. The van der Waals surface area contributed by atoms with Crippen molar-refractivity contribution >= 4 is 21.6 Å². The minimum absolute atomic E-state index is 0.0448. The zero-order chi connectivity index (χ0) is 18.8. The molecule has 0 saturated heterocycles. The molecule has 0 aliphatic carbocycles. The summed E-state index contributed by atoms with van der Waals surface area (Å²) in [7, 11) is -2.18. The van der Waals surface area contributed by atoms with Crippen molar-refractivity contribution in [3.63, 3.8) is 0 Å². The number of anilines is 1. The molecule has 7 heteroatoms. The lowest BCUT2D eigenvalue weighted by Gasteiger charge is -2.21. The van der Waals surface area contributed by atoms with Crippen molar-refractivity contribution in [3.05, 3.63) is 53.6 Å². The van der Waals surface area contributed by atoms with Gasteiger partial charge in [0, 0.05) is 18.7 Å². The first kappa shape index (κ1) is 19.0. The maximum absolute atomic E-state index is 12.6. The van der Waals surface area contributed by atoms with Crippen LogP contribution in [0.25, 0.3) is 0 Å². The summed E-state index contributed by atoms with van der Waals surface area (Å²) in [6.07, 6.45) is 0. The van der Waals surface area contributed by atoms with Crippen LogP contribution in [0.15, 0.2) is 47.4 Å². The lowest BCUT2D eigenvalue weighted by molar-refractivity contribution is 0.102. The summed E-state index contributed by atoms with van der Waals surface area (Å²) in [5.41, 5.74) is 1.32. The molecule has 25 heavy (non-hydrogen) atoms. The van der Waals surface area contributed by atoms with E-state index in [1.165, 1.54) is 41.7 Å². The van der Waals surface area contributed by atoms with Crippen molar-refractivity contribution in [1.29, 1.82) is 0 Å². The number of hydrogen-bond acceptors (Lipinski definition) is 4. The van der Waals surface area contributed by atoms with Crippen LogP contribution in [0, 0.1) is 6.92 Å². The van der Waals surface area contributed by atoms with Crippen molar-refractivity contribution in [1.82, 2.24) is 4.31 Å². The molecule has 0 aliphatic rings. The smallest absolute Gasteiger partial charge is 0.255 e. The number of hydrogen-bond donors (Lipinski definition) is 2. The number of carbonyl (C=O) groups is 1. The van der Waals surface area contributed by atoms with Gasteiger partial charge < -0.3 is 10.4 Å². The first-order valence-electron chi connectivity index (χ1n) is 7.82. The number of phenolic OH excluding ortho intramolecular Hbond substituents is 1. The number of nitrogens with zero attached hydrogens (tertiary/aromatic N) is 1. The fraction of sp³-hybridized carbons (Fsp3) is 0.278. The van der Waals surface area contributed by atoms with Crippen LogP contribution in [0.2, 0.25) is 0 Å². The third kappa shape index (κ3) is 4.18. The molecular formula is C18H22N2O4S. The van der Waals surface area contributed by atoms with E-state index < -0.39 is 15.9 Å². The van der Waals surface area contributed by atoms with E-state index in [2.05, 4.69) is 5.32 Å². The Balaban J connectivity index is 2.30. The Hall–Kier alpha value is -2.38. The number of aromatic hydroxyl groups is 1. The van der Waals surface area contributed by atoms with Crippen molar-refractivity contribution in [2.45, 2.75) is 31.7 Å². The number of aryl methyl sites for hydroxylation is 1. The SMILES string of the molecule is Cc1ccc(NC(=O)c2cccc(S(=O)(=O)N(C)C(C)C)c2)c(O)c1. The molecule has 6 nitrogen and oxygen atoms in total. The predicted molar refractivity (Wildman–Crippen MR) is 97.3 cm³/mol. The molecule has 0 atom stereocenters. The molecule has 0 aliphatic heterocycles. The minimum Gasteiger partial charge on any atom is -0.506 e. The van der Waals surface area contributed by atoms with Gasteiger partial charge in [-0.1, -0.05) is 12.1 Å². The van der Waals surface area contributed by atoms with E-state index in [1.54, 1.807) is 26.0 Å². The normalized spacial score (nSPS) is 11.8. The fourth-order valence-electron chi connectivity index (χ4n) is 2.18. The number of carbonyl (C=O) groups excluding carboxylic acids is 1. The summed E-state index contributed by atoms with van der Waals surface area (Å²) in [6.45, 7) is 5.37. The van der Waals surface area contributed by atoms with Gasteiger partial charge in [0.15, 0.2) is 0 Å². The van der Waals surface area contributed by atoms with Gasteiger partial charge in [0.2, 0.25) is 10.0 Å². The summed E-state index contributed by atoms with van der Waals surface area (Å²) in [6, 6.07) is 10.5. The summed E-state index contributed by atoms with van der Waals surface area (Å²) >= 11 is 0. The standard InChI is InChI=1S/C18H22N2O4S/c1-12(2)20(4)25(23,24)15-7-5-6-14(11-15)18(22)19-16-9-8-13(3)10-17(16)21/h5-12,21H,1-4H3,(H,19,22). The second kappa shape index (κ2) is 7.25. The average Bonchev–Trinajstić information content (AvgIpc) is 2.56. The molecule has 0 spiro atoms. The van der Waals surface area contributed by atoms with E-state index in [0.29, 0.717) is 0 Å². The first-order valence-corrected chi connectivity index (χ1v) is 9.26. The highest BCUT2D eigenvalue weighted by atomic mass is 32.2. The Morgan fingerprint density at radius 3 is 2.44 bits per heavy atom. The highest BCUT2D eigenvalue weighted by Crippen LogP contribution is 2.25. The lowest BCUT2D eigenvalue weighted by atomic mass is 10.2. The lowest BCUT2D eigenvalue weighted by Crippen LogP contribution is -2.33. The third-order valence-corrected chi connectivity index (χ3v) is 5.93. The van der Waals surface area contributed by atoms with Crippen LogP contribution in [-0.2, 0) is 10.0 Å². The van der Waals surface area contributed by atoms with E-state index in [0.717, 1.165) is 5.56 Å². The summed E-state index contributed by atoms with van der Waals surface area (Å²) in [5.74, 6) is -0.542. The van der Waals surface area contributed by atoms with Crippen LogP contribution < -0.4 is 5.32 Å². The van der Waals surface area contributed by atoms with Gasteiger partial charge in [0.25, 0.3) is 5.91 Å². The number of amides is 1. The van der Waals surface area contributed by atoms with E-state index in [9.17, 15) is 18.3 Å². The second-order valence-corrected chi connectivity index (χ2v) is 8.12. The molecule has 2 aromatic rings. The van der Waals surface area contributed by atoms with Gasteiger partial charge in [-0.2, -0.15) is 4.31 Å². The molecule has 0 aromatic heterocycles. The Morgan fingerprint density at radius 2 is 1.84 bits per heavy atom. The summed E-state index contributed by atoms with van der Waals surface area (Å²) in [5, 5.41) is 12.5. The Morgan fingerprint density at radius 1 is 1.16 bits per heavy atom. The number of phenols is 1. The van der Waals surface area contributed by atoms with Gasteiger partial charge in [-0.15, -0.1) is 0 Å². The molecule has 2 aromatic carbocycles. The molecule has 2 N–H and O–H groups in total. The molecule has 0 heterocycles. The molecule has 0 saturated carbocycles. The zero-order valence-corrected chi connectivity index (χ0v) is 15.5. The zero-order valence-electron chi connectivity index (χ0n) is 14.6. The highest BCUT2D eigenvalue weighted by Gasteiger charge is 2.24. The molecule has 0 unspecified atom stereocenters. The number of nitrogens with one attached hydrogen (secondary N) is 1. The molecule has 2 rings (SSSR count). The highest BCUT2D eigenvalue weighted by molar-refractivity contribution is 7.89. The summed E-state index contributed by atoms with van der Waals surface area (Å²) in [4.78, 5) is 12.4. The van der Waals surface area contributed by atoms with Crippen molar-refractivity contribution < 1.29 is 18.3 Å². The van der Waals surface area contributed by atoms with E-state index in [1.807, 2.05) is 6.92 Å². The largest absolute Gasteiger partial charge is 0.506 e. The van der Waals surface area contributed by atoms with Gasteiger partial charge in [-0.25, -0.2) is 8.42 Å². The van der Waals surface area contributed by atoms with Gasteiger partial charge in [-0.3, -0.25) is 4.79 Å². The molecular weight excluding hydrogens is 340 g/mol. The molecule has 1 amide bonds. The van der Waals surface area contributed by atoms with Crippen molar-refractivity contribution in [3.8, 4) is 5.75 Å². The van der Waals surface area contributed by atoms with Crippen LogP contribution in [0.3, 0.4) is 0 Å². The Labute approximate surface area is 148 Å². The third-order valence-electron chi connectivity index (χ3n) is 3.90. The van der Waals surface area contributed by atoms with E-state index in [4.69, 9.17) is 0 Å².